The lowest BCUT2D eigenvalue weighted by Crippen LogP contribution is -2.18. The summed E-state index contributed by atoms with van der Waals surface area (Å²) >= 11 is 0. The number of hydrogen-bond acceptors (Lipinski definition) is 0. The first kappa shape index (κ1) is 31.9. The summed E-state index contributed by atoms with van der Waals surface area (Å²) < 4.78 is 0. The van der Waals surface area contributed by atoms with Crippen molar-refractivity contribution in [2.45, 2.75) is 122 Å². The zero-order chi connectivity index (χ0) is 19.0. The molecule has 0 radical (unpaired) electrons. The molecule has 0 saturated heterocycles. The van der Waals surface area contributed by atoms with E-state index < -0.39 is 0 Å². The van der Waals surface area contributed by atoms with E-state index in [0.29, 0.717) is 17.3 Å². The van der Waals surface area contributed by atoms with Gasteiger partial charge >= 0.3 is 0 Å². The highest BCUT2D eigenvalue weighted by molar-refractivity contribution is 5.43. The maximum absolute atomic E-state index is 2.32. The summed E-state index contributed by atoms with van der Waals surface area (Å²) in [6, 6.07) is 6.79. The van der Waals surface area contributed by atoms with Crippen LogP contribution in [0.1, 0.15) is 133 Å². The third-order valence-electron chi connectivity index (χ3n) is 3.12. The Morgan fingerprint density at radius 1 is 0.640 bits per heavy atom. The van der Waals surface area contributed by atoms with Crippen molar-refractivity contribution in [2.24, 2.45) is 5.41 Å². The van der Waals surface area contributed by atoms with E-state index in [1.54, 1.807) is 5.56 Å². The van der Waals surface area contributed by atoms with E-state index in [1.165, 1.54) is 11.1 Å². The van der Waals surface area contributed by atoms with Gasteiger partial charge in [-0.2, -0.15) is 0 Å². The summed E-state index contributed by atoms with van der Waals surface area (Å²) in [6.07, 6.45) is 0. The van der Waals surface area contributed by atoms with Crippen LogP contribution in [0, 0.1) is 5.41 Å². The van der Waals surface area contributed by atoms with Crippen molar-refractivity contribution in [3.8, 4) is 0 Å². The topological polar surface area (TPSA) is 0 Å². The van der Waals surface area contributed by atoms with Crippen LogP contribution < -0.4 is 0 Å². The van der Waals surface area contributed by atoms with Gasteiger partial charge in [0.1, 0.15) is 0 Å². The van der Waals surface area contributed by atoms with Crippen LogP contribution in [0.3, 0.4) is 0 Å². The van der Waals surface area contributed by atoms with E-state index in [9.17, 15) is 0 Å². The molecule has 1 aromatic rings. The Morgan fingerprint density at radius 3 is 1.04 bits per heavy atom. The SMILES string of the molecule is C.C.CC.CC(C)(C)C.CC(C)c1cccc(C(C)C)c1C(C)(C)C. The Labute approximate surface area is 162 Å². The highest BCUT2D eigenvalue weighted by atomic mass is 14.3. The Hall–Kier alpha value is -0.780. The van der Waals surface area contributed by atoms with Crippen molar-refractivity contribution < 1.29 is 0 Å². The molecule has 0 unspecified atom stereocenters. The highest BCUT2D eigenvalue weighted by Gasteiger charge is 2.23. The van der Waals surface area contributed by atoms with Crippen LogP contribution in [-0.4, -0.2) is 0 Å². The van der Waals surface area contributed by atoms with Gasteiger partial charge in [0, 0.05) is 0 Å². The molecule has 0 bridgehead atoms. The van der Waals surface area contributed by atoms with Crippen molar-refractivity contribution in [1.82, 2.24) is 0 Å². The van der Waals surface area contributed by atoms with Gasteiger partial charge in [0.05, 0.1) is 0 Å². The predicted octanol–water partition coefficient (Wildman–Crippen LogP) is 9.58. The molecule has 0 atom stereocenters. The van der Waals surface area contributed by atoms with Gasteiger partial charge in [0.15, 0.2) is 0 Å². The van der Waals surface area contributed by atoms with Crippen molar-refractivity contribution in [2.75, 3.05) is 0 Å². The van der Waals surface area contributed by atoms with Crippen LogP contribution in [0.5, 0.6) is 0 Å². The lowest BCUT2D eigenvalue weighted by Gasteiger charge is -2.29. The molecule has 0 heterocycles. The highest BCUT2D eigenvalue weighted by Crippen LogP contribution is 2.36. The second-order valence-electron chi connectivity index (χ2n) is 9.37. The Morgan fingerprint density at radius 2 is 0.880 bits per heavy atom. The molecule has 0 heteroatoms. The third-order valence-corrected chi connectivity index (χ3v) is 3.12. The van der Waals surface area contributed by atoms with E-state index in [4.69, 9.17) is 0 Å². The molecule has 0 aromatic heterocycles. The van der Waals surface area contributed by atoms with Crippen LogP contribution in [0.4, 0.5) is 0 Å². The molecule has 152 valence electrons. The standard InChI is InChI=1S/C16H26.C5H12.C2H6.2CH4/c1-11(2)13-9-8-10-14(12(3)4)15(13)16(5,6)7;1-5(2,3)4;1-2;;/h8-12H,1-7H3;1-4H3;1-2H3;2*1H4. The third kappa shape index (κ3) is 14.1. The lowest BCUT2D eigenvalue weighted by atomic mass is 9.75. The van der Waals surface area contributed by atoms with E-state index in [0.717, 1.165) is 0 Å². The van der Waals surface area contributed by atoms with Crippen LogP contribution in [0.25, 0.3) is 0 Å². The minimum atomic E-state index is 0. The number of hydrogen-bond donors (Lipinski definition) is 0. The Kier molecular flexibility index (Phi) is 17.2. The summed E-state index contributed by atoms with van der Waals surface area (Å²) in [5.74, 6) is 1.21. The molecule has 0 spiro atoms. The maximum Gasteiger partial charge on any atom is -0.0126 e. The molecule has 0 fully saturated rings. The van der Waals surface area contributed by atoms with E-state index in [1.807, 2.05) is 13.8 Å². The zero-order valence-corrected chi connectivity index (χ0v) is 18.4. The number of benzene rings is 1. The Bertz CT molecular complexity index is 390. The molecule has 0 aliphatic heterocycles. The van der Waals surface area contributed by atoms with Gasteiger partial charge in [-0.3, -0.25) is 0 Å². The molecule has 0 amide bonds. The molecule has 25 heavy (non-hydrogen) atoms. The average Bonchev–Trinajstić information content (AvgIpc) is 2.37. The first-order valence-corrected chi connectivity index (χ1v) is 9.38. The predicted molar refractivity (Wildman–Crippen MR) is 123 cm³/mol. The molecule has 0 saturated carbocycles. The first-order valence-electron chi connectivity index (χ1n) is 9.38. The fourth-order valence-electron chi connectivity index (χ4n) is 2.42. The van der Waals surface area contributed by atoms with E-state index in [-0.39, 0.29) is 20.3 Å². The Balaban J connectivity index is -0.000000212. The lowest BCUT2D eigenvalue weighted by molar-refractivity contribution is 0.469. The summed E-state index contributed by atoms with van der Waals surface area (Å²) in [7, 11) is 0. The van der Waals surface area contributed by atoms with Gasteiger partial charge in [-0.25, -0.2) is 0 Å². The molecule has 1 aromatic carbocycles. The first-order chi connectivity index (χ1) is 10.2. The van der Waals surface area contributed by atoms with Gasteiger partial charge in [0.2, 0.25) is 0 Å². The van der Waals surface area contributed by atoms with Crippen molar-refractivity contribution in [1.29, 1.82) is 0 Å². The van der Waals surface area contributed by atoms with Crippen LogP contribution >= 0.6 is 0 Å². The molecule has 0 aliphatic rings. The quantitative estimate of drug-likeness (QED) is 0.497. The molecule has 0 aliphatic carbocycles. The van der Waals surface area contributed by atoms with Gasteiger partial charge in [-0.1, -0.05) is 123 Å². The van der Waals surface area contributed by atoms with Crippen molar-refractivity contribution >= 4 is 0 Å². The van der Waals surface area contributed by atoms with E-state index in [2.05, 4.69) is 94.4 Å². The summed E-state index contributed by atoms with van der Waals surface area (Å²) in [4.78, 5) is 0. The van der Waals surface area contributed by atoms with Crippen molar-refractivity contribution in [3.05, 3.63) is 34.9 Å². The smallest absolute Gasteiger partial charge is 0.0126 e. The normalized spacial score (nSPS) is 10.7. The second kappa shape index (κ2) is 13.4. The van der Waals surface area contributed by atoms with Gasteiger partial charge in [-0.05, 0) is 39.4 Å². The molecule has 0 nitrogen and oxygen atoms in total. The fourth-order valence-corrected chi connectivity index (χ4v) is 2.42. The van der Waals surface area contributed by atoms with Gasteiger partial charge < -0.3 is 0 Å². The fraction of sp³-hybridized carbons (Fsp3) is 0.760. The summed E-state index contributed by atoms with van der Waals surface area (Å²) in [6.45, 7) is 28.9. The van der Waals surface area contributed by atoms with Crippen LogP contribution in [0.2, 0.25) is 0 Å². The zero-order valence-electron chi connectivity index (χ0n) is 18.4. The second-order valence-corrected chi connectivity index (χ2v) is 9.37. The van der Waals surface area contributed by atoms with Crippen LogP contribution in [0.15, 0.2) is 18.2 Å². The average molecular weight is 353 g/mol. The largest absolute Gasteiger partial charge is 0.0776 e. The van der Waals surface area contributed by atoms with E-state index >= 15 is 0 Å². The monoisotopic (exact) mass is 352 g/mol. The van der Waals surface area contributed by atoms with Crippen LogP contribution in [-0.2, 0) is 5.41 Å². The molecular weight excluding hydrogens is 300 g/mol. The minimum Gasteiger partial charge on any atom is -0.0776 e. The maximum atomic E-state index is 2.32. The van der Waals surface area contributed by atoms with Gasteiger partial charge in [-0.15, -0.1) is 0 Å². The molecule has 0 N–H and O–H groups in total. The molecule has 1 rings (SSSR count). The summed E-state index contributed by atoms with van der Waals surface area (Å²) in [5.41, 5.74) is 5.32. The van der Waals surface area contributed by atoms with Gasteiger partial charge in [0.25, 0.3) is 0 Å². The van der Waals surface area contributed by atoms with Crippen molar-refractivity contribution in [3.63, 3.8) is 0 Å². The number of rotatable bonds is 2. The molecular formula is C25H52. The minimum absolute atomic E-state index is 0. The summed E-state index contributed by atoms with van der Waals surface area (Å²) in [5, 5.41) is 0.